The first-order chi connectivity index (χ1) is 19.1. The molecule has 0 aliphatic carbocycles. The molecule has 40 heavy (non-hydrogen) atoms. The molecule has 214 valence electrons. The van der Waals surface area contributed by atoms with Crippen molar-refractivity contribution in [3.63, 3.8) is 0 Å². The number of nitrogens with zero attached hydrogens (tertiary/aromatic N) is 2. The maximum Gasteiger partial charge on any atom is 0.264 e. The average molecular weight is 590 g/mol. The second kappa shape index (κ2) is 14.1. The fourth-order valence-corrected chi connectivity index (χ4v) is 5.81. The number of ether oxygens (including phenoxy) is 1. The van der Waals surface area contributed by atoms with Crippen LogP contribution in [0.15, 0.2) is 77.7 Å². The van der Waals surface area contributed by atoms with E-state index in [1.54, 1.807) is 25.1 Å². The maximum atomic E-state index is 14.0. The predicted molar refractivity (Wildman–Crippen MR) is 153 cm³/mol. The topological polar surface area (TPSA) is 96.0 Å². The molecule has 0 fully saturated rings. The summed E-state index contributed by atoms with van der Waals surface area (Å²) in [6, 6.07) is 16.8. The van der Waals surface area contributed by atoms with E-state index in [0.717, 1.165) is 4.31 Å². The van der Waals surface area contributed by atoms with Gasteiger partial charge in [-0.2, -0.15) is 0 Å². The molecule has 8 nitrogen and oxygen atoms in total. The number of sulfonamides is 1. The normalized spacial score (nSPS) is 11.9. The fraction of sp³-hybridized carbons (Fsp3) is 0.310. The SMILES string of the molecule is CCCNC(=O)[C@@H](CC)N(Cc1ccc(F)cc1)C(=O)CN(c1ccc(OC)c(Cl)c1)S(=O)(=O)c1ccccc1. The van der Waals surface area contributed by atoms with E-state index >= 15 is 0 Å². The zero-order valence-corrected chi connectivity index (χ0v) is 24.2. The molecule has 2 amide bonds. The van der Waals surface area contributed by atoms with E-state index < -0.39 is 34.3 Å². The Morgan fingerprint density at radius 2 is 1.70 bits per heavy atom. The van der Waals surface area contributed by atoms with Crippen LogP contribution in [0.4, 0.5) is 10.1 Å². The first-order valence-electron chi connectivity index (χ1n) is 12.8. The van der Waals surface area contributed by atoms with E-state index in [9.17, 15) is 22.4 Å². The van der Waals surface area contributed by atoms with Crippen molar-refractivity contribution in [1.29, 1.82) is 0 Å². The number of carbonyl (C=O) groups is 2. The van der Waals surface area contributed by atoms with Crippen molar-refractivity contribution in [3.8, 4) is 5.75 Å². The lowest BCUT2D eigenvalue weighted by atomic mass is 10.1. The summed E-state index contributed by atoms with van der Waals surface area (Å²) in [5.41, 5.74) is 0.731. The Morgan fingerprint density at radius 1 is 1.02 bits per heavy atom. The Kier molecular flexibility index (Phi) is 10.9. The van der Waals surface area contributed by atoms with Gasteiger partial charge in [-0.25, -0.2) is 12.8 Å². The summed E-state index contributed by atoms with van der Waals surface area (Å²) in [5.74, 6) is -1.07. The molecule has 1 atom stereocenters. The van der Waals surface area contributed by atoms with Crippen LogP contribution in [0.5, 0.6) is 5.75 Å². The van der Waals surface area contributed by atoms with Crippen molar-refractivity contribution < 1.29 is 27.1 Å². The number of hydrogen-bond acceptors (Lipinski definition) is 5. The van der Waals surface area contributed by atoms with Gasteiger partial charge in [0.15, 0.2) is 0 Å². The van der Waals surface area contributed by atoms with Gasteiger partial charge in [0, 0.05) is 13.1 Å². The van der Waals surface area contributed by atoms with Gasteiger partial charge < -0.3 is 15.0 Å². The molecule has 3 aromatic carbocycles. The van der Waals surface area contributed by atoms with Crippen molar-refractivity contribution >= 4 is 39.1 Å². The van der Waals surface area contributed by atoms with Crippen molar-refractivity contribution in [1.82, 2.24) is 10.2 Å². The summed E-state index contributed by atoms with van der Waals surface area (Å²) in [6.45, 7) is 3.46. The molecule has 0 saturated carbocycles. The second-order valence-electron chi connectivity index (χ2n) is 9.01. The van der Waals surface area contributed by atoms with Gasteiger partial charge in [0.05, 0.1) is 22.7 Å². The Hall–Kier alpha value is -3.63. The van der Waals surface area contributed by atoms with E-state index in [1.165, 1.54) is 66.6 Å². The van der Waals surface area contributed by atoms with Crippen LogP contribution in [0.1, 0.15) is 32.3 Å². The molecule has 3 aromatic rings. The van der Waals surface area contributed by atoms with E-state index in [2.05, 4.69) is 5.32 Å². The van der Waals surface area contributed by atoms with Crippen LogP contribution in [-0.4, -0.2) is 51.4 Å². The van der Waals surface area contributed by atoms with Crippen LogP contribution in [0.25, 0.3) is 0 Å². The van der Waals surface area contributed by atoms with Crippen LogP contribution in [0.3, 0.4) is 0 Å². The minimum absolute atomic E-state index is 0.0208. The molecular formula is C29H33ClFN3O5S. The second-order valence-corrected chi connectivity index (χ2v) is 11.3. The molecule has 0 radical (unpaired) electrons. The van der Waals surface area contributed by atoms with Crippen LogP contribution in [0, 0.1) is 5.82 Å². The van der Waals surface area contributed by atoms with Crippen LogP contribution >= 0.6 is 11.6 Å². The number of benzene rings is 3. The molecule has 0 aliphatic rings. The summed E-state index contributed by atoms with van der Waals surface area (Å²) in [5, 5.41) is 2.98. The number of nitrogens with one attached hydrogen (secondary N) is 1. The predicted octanol–water partition coefficient (Wildman–Crippen LogP) is 5.02. The lowest BCUT2D eigenvalue weighted by Gasteiger charge is -2.33. The van der Waals surface area contributed by atoms with Crippen molar-refractivity contribution in [3.05, 3.63) is 89.2 Å². The highest BCUT2D eigenvalue weighted by Crippen LogP contribution is 2.32. The molecule has 0 saturated heterocycles. The van der Waals surface area contributed by atoms with Gasteiger partial charge in [-0.1, -0.05) is 55.8 Å². The average Bonchev–Trinajstić information content (AvgIpc) is 2.95. The van der Waals surface area contributed by atoms with Crippen molar-refractivity contribution in [2.45, 2.75) is 44.2 Å². The highest BCUT2D eigenvalue weighted by atomic mass is 35.5. The Bertz CT molecular complexity index is 1400. The molecule has 0 aromatic heterocycles. The first kappa shape index (κ1) is 30.9. The lowest BCUT2D eigenvalue weighted by molar-refractivity contribution is -0.140. The molecule has 1 N–H and O–H groups in total. The number of rotatable bonds is 13. The molecule has 0 spiro atoms. The van der Waals surface area contributed by atoms with Crippen LogP contribution < -0.4 is 14.4 Å². The monoisotopic (exact) mass is 589 g/mol. The van der Waals surface area contributed by atoms with E-state index in [-0.39, 0.29) is 34.5 Å². The molecule has 0 aliphatic heterocycles. The smallest absolute Gasteiger partial charge is 0.264 e. The molecule has 0 unspecified atom stereocenters. The Labute approximate surface area is 239 Å². The summed E-state index contributed by atoms with van der Waals surface area (Å²) in [6.07, 6.45) is 0.984. The van der Waals surface area contributed by atoms with E-state index in [0.29, 0.717) is 24.3 Å². The highest BCUT2D eigenvalue weighted by molar-refractivity contribution is 7.92. The summed E-state index contributed by atoms with van der Waals surface area (Å²) in [4.78, 5) is 28.4. The summed E-state index contributed by atoms with van der Waals surface area (Å²) in [7, 11) is -2.79. The molecular weight excluding hydrogens is 557 g/mol. The third-order valence-electron chi connectivity index (χ3n) is 6.23. The first-order valence-corrected chi connectivity index (χ1v) is 14.7. The molecule has 0 heterocycles. The number of hydrogen-bond donors (Lipinski definition) is 1. The van der Waals surface area contributed by atoms with Gasteiger partial charge in [0.25, 0.3) is 10.0 Å². The molecule has 3 rings (SSSR count). The standard InChI is InChI=1S/C29H33ClFN3O5S/c1-4-17-32-29(36)26(5-2)33(19-21-11-13-22(31)14-12-21)28(35)20-34(23-15-16-27(39-3)25(30)18-23)40(37,38)24-9-7-6-8-10-24/h6-16,18,26H,4-5,17,19-20H2,1-3H3,(H,32,36)/t26-/m1/s1. The number of anilines is 1. The van der Waals surface area contributed by atoms with Gasteiger partial charge in [-0.3, -0.25) is 13.9 Å². The van der Waals surface area contributed by atoms with Gasteiger partial charge in [0.2, 0.25) is 11.8 Å². The fourth-order valence-electron chi connectivity index (χ4n) is 4.13. The number of methoxy groups -OCH3 is 1. The third-order valence-corrected chi connectivity index (χ3v) is 8.32. The minimum Gasteiger partial charge on any atom is -0.495 e. The zero-order chi connectivity index (χ0) is 29.3. The minimum atomic E-state index is -4.23. The Morgan fingerprint density at radius 3 is 2.27 bits per heavy atom. The van der Waals surface area contributed by atoms with Crippen molar-refractivity contribution in [2.75, 3.05) is 24.5 Å². The number of halogens is 2. The Balaban J connectivity index is 2.07. The quantitative estimate of drug-likeness (QED) is 0.302. The van der Waals surface area contributed by atoms with Gasteiger partial charge in [-0.05, 0) is 60.9 Å². The largest absolute Gasteiger partial charge is 0.495 e. The number of carbonyl (C=O) groups excluding carboxylic acids is 2. The van der Waals surface area contributed by atoms with Crippen molar-refractivity contribution in [2.24, 2.45) is 0 Å². The van der Waals surface area contributed by atoms with Crippen LogP contribution in [0.2, 0.25) is 5.02 Å². The summed E-state index contributed by atoms with van der Waals surface area (Å²) < 4.78 is 47.4. The van der Waals surface area contributed by atoms with Gasteiger partial charge in [0.1, 0.15) is 24.2 Å². The summed E-state index contributed by atoms with van der Waals surface area (Å²) >= 11 is 6.33. The van der Waals surface area contributed by atoms with E-state index in [1.807, 2.05) is 6.92 Å². The highest BCUT2D eigenvalue weighted by Gasteiger charge is 2.33. The zero-order valence-electron chi connectivity index (χ0n) is 22.6. The maximum absolute atomic E-state index is 14.0. The van der Waals surface area contributed by atoms with Gasteiger partial charge >= 0.3 is 0 Å². The molecule has 0 bridgehead atoms. The van der Waals surface area contributed by atoms with Gasteiger partial charge in [-0.15, -0.1) is 0 Å². The number of amides is 2. The molecule has 11 heteroatoms. The lowest BCUT2D eigenvalue weighted by Crippen LogP contribution is -2.52. The van der Waals surface area contributed by atoms with E-state index in [4.69, 9.17) is 16.3 Å². The van der Waals surface area contributed by atoms with Crippen LogP contribution in [-0.2, 0) is 26.2 Å². The third kappa shape index (κ3) is 7.51.